The Morgan fingerprint density at radius 3 is 2.14 bits per heavy atom. The summed E-state index contributed by atoms with van der Waals surface area (Å²) >= 11 is 0. The van der Waals surface area contributed by atoms with Crippen LogP contribution in [0.4, 0.5) is 0 Å². The van der Waals surface area contributed by atoms with Crippen molar-refractivity contribution in [2.75, 3.05) is 19.6 Å². The Bertz CT molecular complexity index is 426. The van der Waals surface area contributed by atoms with E-state index in [4.69, 9.17) is 0 Å². The Balaban J connectivity index is 0.000000200. The summed E-state index contributed by atoms with van der Waals surface area (Å²) < 4.78 is 2.78. The van der Waals surface area contributed by atoms with Crippen LogP contribution < -0.4 is 16.0 Å². The maximum absolute atomic E-state index is 3.85. The lowest BCUT2D eigenvalue weighted by atomic mass is 9.77. The highest BCUT2D eigenvalue weighted by molar-refractivity contribution is 6.05. The molecule has 0 radical (unpaired) electrons. The molecule has 2 saturated heterocycles. The molecule has 29 heavy (non-hydrogen) atoms. The lowest BCUT2D eigenvalue weighted by Crippen LogP contribution is -2.72. The van der Waals surface area contributed by atoms with Gasteiger partial charge in [0.1, 0.15) is 5.79 Å². The van der Waals surface area contributed by atoms with Gasteiger partial charge in [0.05, 0.1) is 10.4 Å². The molecular formula is C24H50N4Si. The molecule has 0 aromatic heterocycles. The summed E-state index contributed by atoms with van der Waals surface area (Å²) in [7, 11) is 1.17. The SMILES string of the molecule is C1CCC2NCCCC2C1.CCCNC1(NCCC)CCC2CCCCC2N1[SiH3]. The topological polar surface area (TPSA) is 39.3 Å². The molecule has 3 N–H and O–H groups in total. The van der Waals surface area contributed by atoms with Crippen molar-refractivity contribution >= 4 is 10.4 Å². The van der Waals surface area contributed by atoms with Crippen LogP contribution in [0.15, 0.2) is 0 Å². The second-order valence-corrected chi connectivity index (χ2v) is 11.2. The van der Waals surface area contributed by atoms with E-state index in [0.717, 1.165) is 37.0 Å². The average Bonchev–Trinajstić information content (AvgIpc) is 2.79. The van der Waals surface area contributed by atoms with Crippen LogP contribution in [0.1, 0.15) is 104 Å². The van der Waals surface area contributed by atoms with Crippen molar-refractivity contribution in [1.29, 1.82) is 0 Å². The summed E-state index contributed by atoms with van der Waals surface area (Å²) in [5, 5.41) is 11.3. The summed E-state index contributed by atoms with van der Waals surface area (Å²) in [5.74, 6) is 2.14. The Labute approximate surface area is 184 Å². The normalized spacial score (nSPS) is 34.6. The largest absolute Gasteiger partial charge is 0.314 e. The van der Waals surface area contributed by atoms with Crippen molar-refractivity contribution in [3.05, 3.63) is 0 Å². The molecule has 0 aromatic rings. The van der Waals surface area contributed by atoms with Gasteiger partial charge in [-0.05, 0) is 95.7 Å². The molecule has 4 atom stereocenters. The second-order valence-electron chi connectivity index (χ2n) is 10.2. The van der Waals surface area contributed by atoms with Gasteiger partial charge in [0.2, 0.25) is 0 Å². The van der Waals surface area contributed by atoms with Crippen molar-refractivity contribution in [3.8, 4) is 0 Å². The van der Waals surface area contributed by atoms with Gasteiger partial charge in [-0.2, -0.15) is 0 Å². The number of rotatable bonds is 6. The molecule has 170 valence electrons. The van der Waals surface area contributed by atoms with Gasteiger partial charge in [-0.1, -0.05) is 39.5 Å². The highest BCUT2D eigenvalue weighted by atomic mass is 28.2. The highest BCUT2D eigenvalue weighted by Gasteiger charge is 2.44. The Morgan fingerprint density at radius 2 is 1.45 bits per heavy atom. The van der Waals surface area contributed by atoms with E-state index >= 15 is 0 Å². The van der Waals surface area contributed by atoms with Crippen LogP contribution in [0.3, 0.4) is 0 Å². The molecule has 2 heterocycles. The molecule has 4 unspecified atom stereocenters. The standard InChI is InChI=1S/C15H33N3Si.C9H17N/c1-3-11-16-15(17-12-4-2)10-9-13-7-5-6-8-14(13)18(15)19;1-2-6-9-8(4-1)5-3-7-10-9/h13-14,16-17H,3-12H2,1-2,19H3;8-10H,1-7H2. The molecule has 2 aliphatic heterocycles. The number of nitrogens with zero attached hydrogens (tertiary/aromatic N) is 1. The van der Waals surface area contributed by atoms with Gasteiger partial charge in [-0.3, -0.25) is 10.6 Å². The van der Waals surface area contributed by atoms with Crippen LogP contribution in [0.25, 0.3) is 0 Å². The van der Waals surface area contributed by atoms with Crippen LogP contribution in [-0.2, 0) is 0 Å². The zero-order valence-electron chi connectivity index (χ0n) is 19.8. The minimum Gasteiger partial charge on any atom is -0.314 e. The van der Waals surface area contributed by atoms with Gasteiger partial charge in [0.25, 0.3) is 0 Å². The fourth-order valence-electron chi connectivity index (χ4n) is 6.51. The number of nitrogens with one attached hydrogen (secondary N) is 3. The molecule has 0 amide bonds. The van der Waals surface area contributed by atoms with Crippen LogP contribution in [0.2, 0.25) is 0 Å². The second kappa shape index (κ2) is 12.2. The third-order valence-electron chi connectivity index (χ3n) is 8.25. The molecule has 4 nitrogen and oxygen atoms in total. The lowest BCUT2D eigenvalue weighted by molar-refractivity contribution is -0.0251. The molecule has 4 aliphatic rings. The summed E-state index contributed by atoms with van der Waals surface area (Å²) in [4.78, 5) is 0. The number of fused-ring (bicyclic) bond motifs is 2. The zero-order chi connectivity index (χ0) is 20.5. The molecule has 4 fully saturated rings. The van der Waals surface area contributed by atoms with Gasteiger partial charge in [0.15, 0.2) is 0 Å². The first-order chi connectivity index (χ1) is 14.2. The fourth-order valence-corrected chi connectivity index (χ4v) is 7.73. The van der Waals surface area contributed by atoms with Crippen molar-refractivity contribution in [3.63, 3.8) is 0 Å². The Hall–Kier alpha value is 0.0569. The van der Waals surface area contributed by atoms with E-state index in [1.807, 2.05) is 0 Å². The van der Waals surface area contributed by atoms with E-state index in [1.165, 1.54) is 107 Å². The maximum atomic E-state index is 3.85. The third-order valence-corrected chi connectivity index (χ3v) is 9.67. The van der Waals surface area contributed by atoms with Crippen LogP contribution >= 0.6 is 0 Å². The van der Waals surface area contributed by atoms with Gasteiger partial charge < -0.3 is 9.88 Å². The van der Waals surface area contributed by atoms with Gasteiger partial charge in [-0.15, -0.1) is 0 Å². The molecule has 2 saturated carbocycles. The predicted octanol–water partition coefficient (Wildman–Crippen LogP) is 3.50. The molecule has 5 heteroatoms. The monoisotopic (exact) mass is 422 g/mol. The van der Waals surface area contributed by atoms with E-state index in [9.17, 15) is 0 Å². The van der Waals surface area contributed by atoms with Crippen molar-refractivity contribution < 1.29 is 0 Å². The molecular weight excluding hydrogens is 372 g/mol. The van der Waals surface area contributed by atoms with Crippen molar-refractivity contribution in [2.24, 2.45) is 11.8 Å². The van der Waals surface area contributed by atoms with E-state index in [2.05, 4.69) is 34.4 Å². The highest BCUT2D eigenvalue weighted by Crippen LogP contribution is 2.39. The molecule has 0 spiro atoms. The molecule has 0 bridgehead atoms. The first-order valence-corrected chi connectivity index (χ1v) is 14.1. The first-order valence-electron chi connectivity index (χ1n) is 13.2. The van der Waals surface area contributed by atoms with Crippen LogP contribution in [0, 0.1) is 11.8 Å². The summed E-state index contributed by atoms with van der Waals surface area (Å²) in [6.07, 6.45) is 19.8. The van der Waals surface area contributed by atoms with Gasteiger partial charge >= 0.3 is 0 Å². The van der Waals surface area contributed by atoms with Crippen LogP contribution in [0.5, 0.6) is 0 Å². The summed E-state index contributed by atoms with van der Waals surface area (Å²) in [6, 6.07) is 1.75. The van der Waals surface area contributed by atoms with Crippen molar-refractivity contribution in [2.45, 2.75) is 122 Å². The summed E-state index contributed by atoms with van der Waals surface area (Å²) in [6.45, 7) is 8.08. The van der Waals surface area contributed by atoms with E-state index in [1.54, 1.807) is 0 Å². The van der Waals surface area contributed by atoms with Gasteiger partial charge in [-0.25, -0.2) is 0 Å². The van der Waals surface area contributed by atoms with Crippen LogP contribution in [-0.4, -0.2) is 52.5 Å². The summed E-state index contributed by atoms with van der Waals surface area (Å²) in [5.41, 5.74) is 0. The third kappa shape index (κ3) is 6.28. The smallest absolute Gasteiger partial charge is 0.119 e. The molecule has 0 aromatic carbocycles. The zero-order valence-corrected chi connectivity index (χ0v) is 21.8. The number of hydrogen-bond donors (Lipinski definition) is 3. The van der Waals surface area contributed by atoms with Crippen molar-refractivity contribution in [1.82, 2.24) is 20.5 Å². The minimum absolute atomic E-state index is 0.122. The molecule has 4 rings (SSSR count). The Kier molecular flexibility index (Phi) is 9.96. The first kappa shape index (κ1) is 23.7. The number of hydrogen-bond acceptors (Lipinski definition) is 4. The van der Waals surface area contributed by atoms with Gasteiger partial charge in [0, 0.05) is 12.1 Å². The fraction of sp³-hybridized carbons (Fsp3) is 1.00. The lowest BCUT2D eigenvalue weighted by Gasteiger charge is -2.55. The van der Waals surface area contributed by atoms with E-state index in [0.29, 0.717) is 0 Å². The number of piperidine rings is 2. The Morgan fingerprint density at radius 1 is 0.828 bits per heavy atom. The average molecular weight is 423 g/mol. The van der Waals surface area contributed by atoms with E-state index in [-0.39, 0.29) is 5.79 Å². The molecule has 2 aliphatic carbocycles. The maximum Gasteiger partial charge on any atom is 0.119 e. The minimum atomic E-state index is 0.122. The quantitative estimate of drug-likeness (QED) is 0.452. The van der Waals surface area contributed by atoms with E-state index < -0.39 is 0 Å². The predicted molar refractivity (Wildman–Crippen MR) is 129 cm³/mol.